The summed E-state index contributed by atoms with van der Waals surface area (Å²) in [5.74, 6) is 0.0569. The Bertz CT molecular complexity index is 427. The van der Waals surface area contributed by atoms with Crippen molar-refractivity contribution in [3.05, 3.63) is 42.0 Å². The van der Waals surface area contributed by atoms with Gasteiger partial charge >= 0.3 is 0 Å². The first-order valence-corrected chi connectivity index (χ1v) is 6.32. The van der Waals surface area contributed by atoms with Crippen molar-refractivity contribution in [2.75, 3.05) is 13.2 Å². The van der Waals surface area contributed by atoms with Gasteiger partial charge in [0.1, 0.15) is 0 Å². The third kappa shape index (κ3) is 3.20. The molecule has 3 heteroatoms. The van der Waals surface area contributed by atoms with Gasteiger partial charge in [-0.15, -0.1) is 0 Å². The van der Waals surface area contributed by atoms with Crippen molar-refractivity contribution in [2.45, 2.75) is 26.0 Å². The maximum Gasteiger partial charge on any atom is 0.246 e. The molecule has 96 valence electrons. The van der Waals surface area contributed by atoms with E-state index in [4.69, 9.17) is 4.74 Å². The van der Waals surface area contributed by atoms with Gasteiger partial charge in [-0.1, -0.05) is 30.3 Å². The second-order valence-electron chi connectivity index (χ2n) is 4.73. The van der Waals surface area contributed by atoms with E-state index in [-0.39, 0.29) is 18.1 Å². The van der Waals surface area contributed by atoms with Crippen LogP contribution < -0.4 is 0 Å². The van der Waals surface area contributed by atoms with Crippen LogP contribution in [0.4, 0.5) is 0 Å². The summed E-state index contributed by atoms with van der Waals surface area (Å²) in [4.78, 5) is 14.0. The minimum absolute atomic E-state index is 0.0569. The molecule has 3 nitrogen and oxygen atoms in total. The lowest BCUT2D eigenvalue weighted by Gasteiger charge is -2.36. The minimum atomic E-state index is 0.0569. The van der Waals surface area contributed by atoms with Crippen molar-refractivity contribution < 1.29 is 9.53 Å². The second-order valence-corrected chi connectivity index (χ2v) is 4.73. The molecule has 1 aromatic carbocycles. The highest BCUT2D eigenvalue weighted by atomic mass is 16.5. The number of benzene rings is 1. The van der Waals surface area contributed by atoms with Crippen LogP contribution >= 0.6 is 0 Å². The number of carbonyl (C=O) groups is 1. The van der Waals surface area contributed by atoms with Crippen molar-refractivity contribution in [1.82, 2.24) is 4.90 Å². The molecule has 2 unspecified atom stereocenters. The third-order valence-corrected chi connectivity index (χ3v) is 3.11. The fraction of sp³-hybridized carbons (Fsp3) is 0.400. The first-order valence-electron chi connectivity index (χ1n) is 6.32. The molecule has 0 spiro atoms. The Kier molecular flexibility index (Phi) is 4.15. The largest absolute Gasteiger partial charge is 0.375 e. The van der Waals surface area contributed by atoms with Crippen LogP contribution in [0.1, 0.15) is 19.4 Å². The Morgan fingerprint density at radius 3 is 2.78 bits per heavy atom. The number of morpholine rings is 1. The van der Waals surface area contributed by atoms with Gasteiger partial charge in [-0.3, -0.25) is 4.79 Å². The molecule has 0 N–H and O–H groups in total. The van der Waals surface area contributed by atoms with Gasteiger partial charge in [0.2, 0.25) is 5.91 Å². The van der Waals surface area contributed by atoms with Gasteiger partial charge < -0.3 is 9.64 Å². The van der Waals surface area contributed by atoms with E-state index < -0.39 is 0 Å². The molecule has 0 aromatic heterocycles. The fourth-order valence-corrected chi connectivity index (χ4v) is 2.04. The van der Waals surface area contributed by atoms with E-state index in [1.165, 1.54) is 0 Å². The van der Waals surface area contributed by atoms with E-state index in [1.807, 2.05) is 55.2 Å². The first-order chi connectivity index (χ1) is 8.66. The lowest BCUT2D eigenvalue weighted by atomic mass is 10.2. The van der Waals surface area contributed by atoms with E-state index in [0.29, 0.717) is 13.2 Å². The standard InChI is InChI=1S/C15H19NO2/c1-12-11-18-13(2)10-16(12)15(17)9-8-14-6-4-3-5-7-14/h3-9,12-13H,10-11H2,1-2H3/b9-8+. The maximum absolute atomic E-state index is 12.1. The van der Waals surface area contributed by atoms with E-state index >= 15 is 0 Å². The Morgan fingerprint density at radius 2 is 2.06 bits per heavy atom. The van der Waals surface area contributed by atoms with Crippen molar-refractivity contribution in [3.63, 3.8) is 0 Å². The minimum Gasteiger partial charge on any atom is -0.375 e. The maximum atomic E-state index is 12.1. The van der Waals surface area contributed by atoms with Crippen LogP contribution in [-0.2, 0) is 9.53 Å². The van der Waals surface area contributed by atoms with Crippen molar-refractivity contribution >= 4 is 12.0 Å². The third-order valence-electron chi connectivity index (χ3n) is 3.11. The highest BCUT2D eigenvalue weighted by Gasteiger charge is 2.25. The van der Waals surface area contributed by atoms with Gasteiger partial charge in [0.25, 0.3) is 0 Å². The smallest absolute Gasteiger partial charge is 0.246 e. The summed E-state index contributed by atoms with van der Waals surface area (Å²) in [6.07, 6.45) is 3.62. The summed E-state index contributed by atoms with van der Waals surface area (Å²) in [5, 5.41) is 0. The molecule has 1 amide bonds. The molecule has 1 aliphatic heterocycles. The normalized spacial score (nSPS) is 24.4. The molecule has 0 aliphatic carbocycles. The summed E-state index contributed by atoms with van der Waals surface area (Å²) in [7, 11) is 0. The number of carbonyl (C=O) groups excluding carboxylic acids is 1. The van der Waals surface area contributed by atoms with Crippen molar-refractivity contribution in [2.24, 2.45) is 0 Å². The molecular weight excluding hydrogens is 226 g/mol. The molecule has 0 bridgehead atoms. The van der Waals surface area contributed by atoms with E-state index in [9.17, 15) is 4.79 Å². The first kappa shape index (κ1) is 12.8. The quantitative estimate of drug-likeness (QED) is 0.748. The van der Waals surface area contributed by atoms with Crippen LogP contribution in [0.2, 0.25) is 0 Å². The lowest BCUT2D eigenvalue weighted by molar-refractivity contribution is -0.137. The molecular formula is C15H19NO2. The van der Waals surface area contributed by atoms with Gasteiger partial charge in [0, 0.05) is 12.6 Å². The van der Waals surface area contributed by atoms with Gasteiger partial charge in [-0.05, 0) is 25.5 Å². The number of amides is 1. The van der Waals surface area contributed by atoms with E-state index in [2.05, 4.69) is 0 Å². The predicted molar refractivity (Wildman–Crippen MR) is 72.1 cm³/mol. The van der Waals surface area contributed by atoms with Crippen LogP contribution in [0, 0.1) is 0 Å². The monoisotopic (exact) mass is 245 g/mol. The average Bonchev–Trinajstić information content (AvgIpc) is 2.40. The van der Waals surface area contributed by atoms with E-state index in [1.54, 1.807) is 6.08 Å². The Hall–Kier alpha value is -1.61. The van der Waals surface area contributed by atoms with Crippen LogP contribution in [0.15, 0.2) is 36.4 Å². The van der Waals surface area contributed by atoms with Gasteiger partial charge in [0.05, 0.1) is 18.8 Å². The molecule has 1 saturated heterocycles. The van der Waals surface area contributed by atoms with Crippen molar-refractivity contribution in [3.8, 4) is 0 Å². The Morgan fingerprint density at radius 1 is 1.33 bits per heavy atom. The molecule has 1 aliphatic rings. The van der Waals surface area contributed by atoms with Gasteiger partial charge in [-0.2, -0.15) is 0 Å². The summed E-state index contributed by atoms with van der Waals surface area (Å²) >= 11 is 0. The summed E-state index contributed by atoms with van der Waals surface area (Å²) in [6, 6.07) is 10.00. The topological polar surface area (TPSA) is 29.5 Å². The molecule has 2 atom stereocenters. The van der Waals surface area contributed by atoms with Gasteiger partial charge in [-0.25, -0.2) is 0 Å². The zero-order valence-corrected chi connectivity index (χ0v) is 10.9. The zero-order chi connectivity index (χ0) is 13.0. The summed E-state index contributed by atoms with van der Waals surface area (Å²) in [6.45, 7) is 5.29. The molecule has 0 saturated carbocycles. The molecule has 0 radical (unpaired) electrons. The Labute approximate surface area is 108 Å². The average molecular weight is 245 g/mol. The SMILES string of the molecule is CC1CN(C(=O)/C=C/c2ccccc2)C(C)CO1. The highest BCUT2D eigenvalue weighted by Crippen LogP contribution is 2.12. The fourth-order valence-electron chi connectivity index (χ4n) is 2.04. The van der Waals surface area contributed by atoms with Crippen molar-refractivity contribution in [1.29, 1.82) is 0 Å². The molecule has 18 heavy (non-hydrogen) atoms. The van der Waals surface area contributed by atoms with Crippen LogP contribution in [0.3, 0.4) is 0 Å². The number of hydrogen-bond donors (Lipinski definition) is 0. The van der Waals surface area contributed by atoms with Crippen LogP contribution in [0.25, 0.3) is 6.08 Å². The number of nitrogens with zero attached hydrogens (tertiary/aromatic N) is 1. The molecule has 1 heterocycles. The highest BCUT2D eigenvalue weighted by molar-refractivity contribution is 5.92. The second kappa shape index (κ2) is 5.83. The van der Waals surface area contributed by atoms with E-state index in [0.717, 1.165) is 5.56 Å². The van der Waals surface area contributed by atoms with Gasteiger partial charge in [0.15, 0.2) is 0 Å². The molecule has 1 aromatic rings. The van der Waals surface area contributed by atoms with Crippen LogP contribution in [-0.4, -0.2) is 36.1 Å². The number of ether oxygens (including phenoxy) is 1. The summed E-state index contributed by atoms with van der Waals surface area (Å²) < 4.78 is 5.52. The summed E-state index contributed by atoms with van der Waals surface area (Å²) in [5.41, 5.74) is 1.04. The number of rotatable bonds is 2. The predicted octanol–water partition coefficient (Wildman–Crippen LogP) is 2.34. The lowest BCUT2D eigenvalue weighted by Crippen LogP contribution is -2.49. The molecule has 1 fully saturated rings. The molecule has 2 rings (SSSR count). The Balaban J connectivity index is 2.01. The van der Waals surface area contributed by atoms with Crippen LogP contribution in [0.5, 0.6) is 0 Å². The number of hydrogen-bond acceptors (Lipinski definition) is 2. The zero-order valence-electron chi connectivity index (χ0n) is 10.9.